The molecule has 0 radical (unpaired) electrons. The highest BCUT2D eigenvalue weighted by atomic mass is 79.9. The molecule has 0 aliphatic heterocycles. The van der Waals surface area contributed by atoms with Crippen molar-refractivity contribution in [1.82, 2.24) is 0 Å². The third kappa shape index (κ3) is 2.98. The van der Waals surface area contributed by atoms with Crippen LogP contribution in [0.5, 0.6) is 11.5 Å². The fourth-order valence-electron chi connectivity index (χ4n) is 1.68. The molecular formula is C15H11BrFNO2. The lowest BCUT2D eigenvalue weighted by molar-refractivity contribution is 0.199. The summed E-state index contributed by atoms with van der Waals surface area (Å²) < 4.78 is 19.6. The molecule has 0 saturated heterocycles. The van der Waals surface area contributed by atoms with E-state index in [1.807, 2.05) is 0 Å². The van der Waals surface area contributed by atoms with E-state index in [4.69, 9.17) is 10.00 Å². The van der Waals surface area contributed by atoms with Crippen molar-refractivity contribution in [2.45, 2.75) is 13.0 Å². The number of ether oxygens (including phenoxy) is 1. The number of hydrogen-bond donors (Lipinski definition) is 1. The van der Waals surface area contributed by atoms with Gasteiger partial charge in [-0.2, -0.15) is 5.26 Å². The van der Waals surface area contributed by atoms with Crippen LogP contribution in [0.2, 0.25) is 0 Å². The maximum atomic E-state index is 13.5. The van der Waals surface area contributed by atoms with Gasteiger partial charge in [0.2, 0.25) is 0 Å². The van der Waals surface area contributed by atoms with Crippen molar-refractivity contribution in [1.29, 1.82) is 5.26 Å². The Labute approximate surface area is 124 Å². The Morgan fingerprint density at radius 2 is 2.05 bits per heavy atom. The van der Waals surface area contributed by atoms with Crippen molar-refractivity contribution in [2.75, 3.05) is 0 Å². The summed E-state index contributed by atoms with van der Waals surface area (Å²) in [6.07, 6.45) is -0.593. The first-order chi connectivity index (χ1) is 9.52. The monoisotopic (exact) mass is 335 g/mol. The van der Waals surface area contributed by atoms with Crippen LogP contribution in [0.15, 0.2) is 40.9 Å². The van der Waals surface area contributed by atoms with E-state index in [0.717, 1.165) is 5.56 Å². The lowest BCUT2D eigenvalue weighted by Crippen LogP contribution is -1.94. The van der Waals surface area contributed by atoms with Gasteiger partial charge in [0.1, 0.15) is 28.9 Å². The summed E-state index contributed by atoms with van der Waals surface area (Å²) in [4.78, 5) is 0. The highest BCUT2D eigenvalue weighted by Crippen LogP contribution is 2.33. The standard InChI is InChI=1S/C15H11BrFNO2/c1-9(19)10-5-6-15(12(16)7-10)20-14-4-2-3-13(17)11(14)8-18/h2-7,9,19H,1H3/t9-/m1/s1. The fourth-order valence-corrected chi connectivity index (χ4v) is 2.15. The second-order valence-electron chi connectivity index (χ2n) is 4.19. The number of aliphatic hydroxyl groups is 1. The van der Waals surface area contributed by atoms with Crippen molar-refractivity contribution in [2.24, 2.45) is 0 Å². The molecule has 0 aromatic heterocycles. The molecule has 2 rings (SSSR count). The largest absolute Gasteiger partial charge is 0.455 e. The summed E-state index contributed by atoms with van der Waals surface area (Å²) in [5.74, 6) is -0.0313. The fraction of sp³-hybridized carbons (Fsp3) is 0.133. The Kier molecular flexibility index (Phi) is 4.38. The van der Waals surface area contributed by atoms with Crippen molar-refractivity contribution < 1.29 is 14.2 Å². The molecule has 0 bridgehead atoms. The Balaban J connectivity index is 2.36. The maximum absolute atomic E-state index is 13.5. The van der Waals surface area contributed by atoms with Crippen LogP contribution in [-0.2, 0) is 0 Å². The zero-order chi connectivity index (χ0) is 14.7. The van der Waals surface area contributed by atoms with Gasteiger partial charge in [0.15, 0.2) is 0 Å². The SMILES string of the molecule is C[C@@H](O)c1ccc(Oc2cccc(F)c2C#N)c(Br)c1. The van der Waals surface area contributed by atoms with Gasteiger partial charge in [0, 0.05) is 0 Å². The molecule has 0 fully saturated rings. The Hall–Kier alpha value is -1.90. The predicted octanol–water partition coefficient (Wildman–Crippen LogP) is 4.31. The van der Waals surface area contributed by atoms with Crippen LogP contribution in [0, 0.1) is 17.1 Å². The van der Waals surface area contributed by atoms with Gasteiger partial charge in [0.25, 0.3) is 0 Å². The average molecular weight is 336 g/mol. The molecule has 5 heteroatoms. The lowest BCUT2D eigenvalue weighted by atomic mass is 10.1. The molecule has 1 N–H and O–H groups in total. The van der Waals surface area contributed by atoms with E-state index < -0.39 is 11.9 Å². The molecule has 0 heterocycles. The Morgan fingerprint density at radius 3 is 2.65 bits per heavy atom. The molecule has 0 aliphatic carbocycles. The zero-order valence-corrected chi connectivity index (χ0v) is 12.2. The highest BCUT2D eigenvalue weighted by Gasteiger charge is 2.12. The molecule has 1 atom stereocenters. The Morgan fingerprint density at radius 1 is 1.30 bits per heavy atom. The summed E-state index contributed by atoms with van der Waals surface area (Å²) in [5.41, 5.74) is 0.586. The first-order valence-electron chi connectivity index (χ1n) is 5.87. The number of halogens is 2. The summed E-state index contributed by atoms with van der Waals surface area (Å²) in [6.45, 7) is 1.66. The highest BCUT2D eigenvalue weighted by molar-refractivity contribution is 9.10. The topological polar surface area (TPSA) is 53.2 Å². The van der Waals surface area contributed by atoms with Gasteiger partial charge in [-0.3, -0.25) is 0 Å². The van der Waals surface area contributed by atoms with Crippen molar-refractivity contribution in [3.63, 3.8) is 0 Å². The van der Waals surface area contributed by atoms with Crippen molar-refractivity contribution >= 4 is 15.9 Å². The molecule has 2 aromatic rings. The number of benzene rings is 2. The molecule has 3 nitrogen and oxygen atoms in total. The van der Waals surface area contributed by atoms with Crippen LogP contribution in [-0.4, -0.2) is 5.11 Å². The summed E-state index contributed by atoms with van der Waals surface area (Å²) in [5, 5.41) is 18.4. The smallest absolute Gasteiger partial charge is 0.148 e. The van der Waals surface area contributed by atoms with Gasteiger partial charge in [-0.1, -0.05) is 12.1 Å². The van der Waals surface area contributed by atoms with E-state index in [-0.39, 0.29) is 11.3 Å². The zero-order valence-electron chi connectivity index (χ0n) is 10.6. The minimum atomic E-state index is -0.623. The first kappa shape index (κ1) is 14.5. The number of rotatable bonds is 3. The molecule has 0 saturated carbocycles. The minimum absolute atomic E-state index is 0.140. The van der Waals surface area contributed by atoms with Crippen LogP contribution in [0.3, 0.4) is 0 Å². The minimum Gasteiger partial charge on any atom is -0.455 e. The van der Waals surface area contributed by atoms with Crippen LogP contribution in [0.4, 0.5) is 4.39 Å². The van der Waals surface area contributed by atoms with Crippen LogP contribution in [0.25, 0.3) is 0 Å². The maximum Gasteiger partial charge on any atom is 0.148 e. The normalized spacial score (nSPS) is 11.8. The predicted molar refractivity (Wildman–Crippen MR) is 76.0 cm³/mol. The molecule has 0 unspecified atom stereocenters. The van der Waals surface area contributed by atoms with Gasteiger partial charge in [-0.25, -0.2) is 4.39 Å². The molecule has 0 aliphatic rings. The second-order valence-corrected chi connectivity index (χ2v) is 5.05. The second kappa shape index (κ2) is 6.04. The Bertz CT molecular complexity index is 680. The van der Waals surface area contributed by atoms with Crippen molar-refractivity contribution in [3.8, 4) is 17.6 Å². The number of aliphatic hydroxyl groups excluding tert-OH is 1. The van der Waals surface area contributed by atoms with Gasteiger partial charge in [0.05, 0.1) is 10.6 Å². The van der Waals surface area contributed by atoms with Crippen LogP contribution in [0.1, 0.15) is 24.2 Å². The number of nitriles is 1. The van der Waals surface area contributed by atoms with Crippen LogP contribution >= 0.6 is 15.9 Å². The third-order valence-electron chi connectivity index (χ3n) is 2.75. The van der Waals surface area contributed by atoms with Gasteiger partial charge in [-0.15, -0.1) is 0 Å². The van der Waals surface area contributed by atoms with Gasteiger partial charge in [-0.05, 0) is 52.7 Å². The van der Waals surface area contributed by atoms with Crippen molar-refractivity contribution in [3.05, 3.63) is 57.8 Å². The quantitative estimate of drug-likeness (QED) is 0.909. The molecular weight excluding hydrogens is 325 g/mol. The third-order valence-corrected chi connectivity index (χ3v) is 3.37. The van der Waals surface area contributed by atoms with E-state index in [2.05, 4.69) is 15.9 Å². The van der Waals surface area contributed by atoms with E-state index in [1.165, 1.54) is 18.2 Å². The lowest BCUT2D eigenvalue weighted by Gasteiger charge is -2.11. The number of nitrogens with zero attached hydrogens (tertiary/aromatic N) is 1. The summed E-state index contributed by atoms with van der Waals surface area (Å²) in [7, 11) is 0. The summed E-state index contributed by atoms with van der Waals surface area (Å²) in [6, 6.07) is 11.1. The van der Waals surface area contributed by atoms with Gasteiger partial charge >= 0.3 is 0 Å². The molecule has 0 spiro atoms. The van der Waals surface area contributed by atoms with E-state index in [9.17, 15) is 9.50 Å². The molecule has 2 aromatic carbocycles. The number of hydrogen-bond acceptors (Lipinski definition) is 3. The first-order valence-corrected chi connectivity index (χ1v) is 6.66. The van der Waals surface area contributed by atoms with E-state index in [1.54, 1.807) is 31.2 Å². The molecule has 20 heavy (non-hydrogen) atoms. The van der Waals surface area contributed by atoms with E-state index >= 15 is 0 Å². The molecule has 0 amide bonds. The van der Waals surface area contributed by atoms with Crippen LogP contribution < -0.4 is 4.74 Å². The molecule has 102 valence electrons. The van der Waals surface area contributed by atoms with Gasteiger partial charge < -0.3 is 9.84 Å². The summed E-state index contributed by atoms with van der Waals surface area (Å²) >= 11 is 3.33. The average Bonchev–Trinajstić information content (AvgIpc) is 2.41. The van der Waals surface area contributed by atoms with E-state index in [0.29, 0.717) is 10.2 Å².